The van der Waals surface area contributed by atoms with Gasteiger partial charge in [-0.3, -0.25) is 4.79 Å². The van der Waals surface area contributed by atoms with E-state index in [0.29, 0.717) is 22.2 Å². The Morgan fingerprint density at radius 2 is 1.88 bits per heavy atom. The highest BCUT2D eigenvalue weighted by Crippen LogP contribution is 2.37. The maximum absolute atomic E-state index is 14.4. The van der Waals surface area contributed by atoms with Crippen molar-refractivity contribution in [2.75, 3.05) is 0 Å². The minimum Gasteiger partial charge on any atom is -0.392 e. The van der Waals surface area contributed by atoms with Crippen molar-refractivity contribution in [3.63, 3.8) is 0 Å². The predicted octanol–water partition coefficient (Wildman–Crippen LogP) is 3.72. The number of aromatic nitrogens is 1. The standard InChI is InChI=1S/C20H15FN2O2/c21-16-4-2-1-3-12(16)13-7-8-15(20(22)25)19-18(13)14-6-5-11(10-24)9-17(14)23-19/h1-9,23-24H,10H2,(H2,22,25). The van der Waals surface area contributed by atoms with Crippen molar-refractivity contribution >= 4 is 27.7 Å². The van der Waals surface area contributed by atoms with Crippen molar-refractivity contribution in [2.24, 2.45) is 5.73 Å². The van der Waals surface area contributed by atoms with Crippen molar-refractivity contribution in [1.29, 1.82) is 0 Å². The SMILES string of the molecule is NC(=O)c1ccc(-c2ccccc2F)c2c1[nH]c1cc(CO)ccc12. The Morgan fingerprint density at radius 3 is 2.60 bits per heavy atom. The molecule has 1 heterocycles. The predicted molar refractivity (Wildman–Crippen MR) is 95.6 cm³/mol. The van der Waals surface area contributed by atoms with E-state index in [4.69, 9.17) is 5.73 Å². The van der Waals surface area contributed by atoms with Gasteiger partial charge in [0.25, 0.3) is 5.91 Å². The third-order valence-electron chi connectivity index (χ3n) is 4.43. The van der Waals surface area contributed by atoms with Crippen molar-refractivity contribution in [2.45, 2.75) is 6.61 Å². The summed E-state index contributed by atoms with van der Waals surface area (Å²) < 4.78 is 14.4. The molecule has 124 valence electrons. The van der Waals surface area contributed by atoms with Gasteiger partial charge in [-0.25, -0.2) is 4.39 Å². The number of amides is 1. The molecule has 0 unspecified atom stereocenters. The summed E-state index contributed by atoms with van der Waals surface area (Å²) in [6.45, 7) is -0.0891. The first-order chi connectivity index (χ1) is 12.1. The van der Waals surface area contributed by atoms with Gasteiger partial charge in [0.05, 0.1) is 17.7 Å². The largest absolute Gasteiger partial charge is 0.392 e. The van der Waals surface area contributed by atoms with E-state index in [2.05, 4.69) is 4.98 Å². The summed E-state index contributed by atoms with van der Waals surface area (Å²) in [6.07, 6.45) is 0. The molecular formula is C20H15FN2O2. The summed E-state index contributed by atoms with van der Waals surface area (Å²) in [7, 11) is 0. The van der Waals surface area contributed by atoms with Crippen molar-refractivity contribution in [3.05, 3.63) is 71.5 Å². The molecule has 0 saturated heterocycles. The van der Waals surface area contributed by atoms with Gasteiger partial charge in [0.15, 0.2) is 0 Å². The molecule has 0 aliphatic rings. The molecule has 0 fully saturated rings. The molecule has 4 rings (SSSR count). The molecule has 0 saturated carbocycles. The smallest absolute Gasteiger partial charge is 0.250 e. The Kier molecular flexibility index (Phi) is 3.51. The molecule has 4 N–H and O–H groups in total. The van der Waals surface area contributed by atoms with Crippen LogP contribution >= 0.6 is 0 Å². The monoisotopic (exact) mass is 334 g/mol. The van der Waals surface area contributed by atoms with Gasteiger partial charge in [-0.2, -0.15) is 0 Å². The van der Waals surface area contributed by atoms with E-state index in [1.54, 1.807) is 36.4 Å². The van der Waals surface area contributed by atoms with E-state index >= 15 is 0 Å². The molecule has 5 heteroatoms. The lowest BCUT2D eigenvalue weighted by atomic mass is 9.96. The van der Waals surface area contributed by atoms with Crippen LogP contribution in [-0.4, -0.2) is 16.0 Å². The lowest BCUT2D eigenvalue weighted by Crippen LogP contribution is -2.11. The first-order valence-corrected chi connectivity index (χ1v) is 7.83. The normalized spacial score (nSPS) is 11.3. The lowest BCUT2D eigenvalue weighted by molar-refractivity contribution is 0.100. The van der Waals surface area contributed by atoms with E-state index in [-0.39, 0.29) is 12.4 Å². The number of nitrogens with one attached hydrogen (secondary N) is 1. The van der Waals surface area contributed by atoms with Gasteiger partial charge >= 0.3 is 0 Å². The number of halogens is 1. The molecule has 0 aliphatic heterocycles. The summed E-state index contributed by atoms with van der Waals surface area (Å²) in [6, 6.07) is 15.3. The Morgan fingerprint density at radius 1 is 1.08 bits per heavy atom. The number of carbonyl (C=O) groups is 1. The maximum atomic E-state index is 14.4. The number of fused-ring (bicyclic) bond motifs is 3. The fourth-order valence-electron chi connectivity index (χ4n) is 3.27. The summed E-state index contributed by atoms with van der Waals surface area (Å²) in [4.78, 5) is 15.0. The van der Waals surface area contributed by atoms with E-state index < -0.39 is 5.91 Å². The average Bonchev–Trinajstić information content (AvgIpc) is 2.99. The number of H-pyrrole nitrogens is 1. The number of benzene rings is 3. The van der Waals surface area contributed by atoms with Crippen LogP contribution in [0.5, 0.6) is 0 Å². The second-order valence-electron chi connectivity index (χ2n) is 5.92. The number of hydrogen-bond donors (Lipinski definition) is 3. The summed E-state index contributed by atoms with van der Waals surface area (Å²) in [5.74, 6) is -0.893. The Labute approximate surface area is 142 Å². The molecule has 4 nitrogen and oxygen atoms in total. The Bertz CT molecular complexity index is 1130. The highest BCUT2D eigenvalue weighted by atomic mass is 19.1. The summed E-state index contributed by atoms with van der Waals surface area (Å²) in [5.41, 5.74) is 9.05. The van der Waals surface area contributed by atoms with E-state index in [0.717, 1.165) is 21.9 Å². The highest BCUT2D eigenvalue weighted by Gasteiger charge is 2.18. The number of nitrogens with two attached hydrogens (primary N) is 1. The van der Waals surface area contributed by atoms with Crippen LogP contribution in [0.3, 0.4) is 0 Å². The summed E-state index contributed by atoms with van der Waals surface area (Å²) >= 11 is 0. The number of aliphatic hydroxyl groups is 1. The lowest BCUT2D eigenvalue weighted by Gasteiger charge is -2.08. The minimum atomic E-state index is -0.556. The van der Waals surface area contributed by atoms with Gasteiger partial charge in [0, 0.05) is 21.9 Å². The zero-order chi connectivity index (χ0) is 17.6. The Hall–Kier alpha value is -3.18. The van der Waals surface area contributed by atoms with E-state index in [1.807, 2.05) is 12.1 Å². The first kappa shape index (κ1) is 15.4. The van der Waals surface area contributed by atoms with Crippen LogP contribution in [0.4, 0.5) is 4.39 Å². The van der Waals surface area contributed by atoms with Crippen LogP contribution in [0.2, 0.25) is 0 Å². The molecule has 0 aliphatic carbocycles. The number of hydrogen-bond acceptors (Lipinski definition) is 2. The third-order valence-corrected chi connectivity index (χ3v) is 4.43. The maximum Gasteiger partial charge on any atom is 0.250 e. The number of primary amides is 1. The fraction of sp³-hybridized carbons (Fsp3) is 0.0500. The first-order valence-electron chi connectivity index (χ1n) is 7.83. The third kappa shape index (κ3) is 2.37. The molecule has 1 amide bonds. The molecule has 3 aromatic carbocycles. The zero-order valence-corrected chi connectivity index (χ0v) is 13.2. The quantitative estimate of drug-likeness (QED) is 0.534. The minimum absolute atomic E-state index is 0.0891. The van der Waals surface area contributed by atoms with Crippen LogP contribution in [0.15, 0.2) is 54.6 Å². The van der Waals surface area contributed by atoms with Crippen LogP contribution < -0.4 is 5.73 Å². The van der Waals surface area contributed by atoms with Crippen molar-refractivity contribution in [1.82, 2.24) is 4.98 Å². The van der Waals surface area contributed by atoms with Crippen molar-refractivity contribution < 1.29 is 14.3 Å². The van der Waals surface area contributed by atoms with Gasteiger partial charge in [0.1, 0.15) is 5.82 Å². The van der Waals surface area contributed by atoms with Gasteiger partial charge in [0.2, 0.25) is 0 Å². The molecule has 0 radical (unpaired) electrons. The zero-order valence-electron chi connectivity index (χ0n) is 13.2. The highest BCUT2D eigenvalue weighted by molar-refractivity contribution is 6.19. The Balaban J connectivity index is 2.16. The van der Waals surface area contributed by atoms with Gasteiger partial charge in [-0.15, -0.1) is 0 Å². The average molecular weight is 334 g/mol. The number of aliphatic hydroxyl groups excluding tert-OH is 1. The topological polar surface area (TPSA) is 79.1 Å². The number of rotatable bonds is 3. The molecule has 25 heavy (non-hydrogen) atoms. The van der Waals surface area contributed by atoms with Crippen LogP contribution in [0, 0.1) is 5.82 Å². The van der Waals surface area contributed by atoms with Gasteiger partial charge < -0.3 is 15.8 Å². The number of carbonyl (C=O) groups excluding carboxylic acids is 1. The molecule has 0 spiro atoms. The van der Waals surface area contributed by atoms with E-state index in [9.17, 15) is 14.3 Å². The molecular weight excluding hydrogens is 319 g/mol. The second-order valence-corrected chi connectivity index (χ2v) is 5.92. The fourth-order valence-corrected chi connectivity index (χ4v) is 3.27. The second kappa shape index (κ2) is 5.72. The van der Waals surface area contributed by atoms with E-state index in [1.165, 1.54) is 6.07 Å². The molecule has 1 aromatic heterocycles. The number of aromatic amines is 1. The molecule has 0 bridgehead atoms. The molecule has 0 atom stereocenters. The van der Waals surface area contributed by atoms with Crippen LogP contribution in [-0.2, 0) is 6.61 Å². The van der Waals surface area contributed by atoms with Gasteiger partial charge in [-0.05, 0) is 29.3 Å². The van der Waals surface area contributed by atoms with Crippen LogP contribution in [0.25, 0.3) is 32.9 Å². The van der Waals surface area contributed by atoms with Gasteiger partial charge in [-0.1, -0.05) is 36.4 Å². The summed E-state index contributed by atoms with van der Waals surface area (Å²) in [5, 5.41) is 10.9. The van der Waals surface area contributed by atoms with Crippen molar-refractivity contribution in [3.8, 4) is 11.1 Å². The van der Waals surface area contributed by atoms with Crippen LogP contribution in [0.1, 0.15) is 15.9 Å². The molecule has 4 aromatic rings.